The van der Waals surface area contributed by atoms with E-state index in [9.17, 15) is 10.1 Å². The molecule has 0 amide bonds. The second kappa shape index (κ2) is 6.44. The number of unbranched alkanes of at least 4 members (excludes halogenated alkanes) is 1. The summed E-state index contributed by atoms with van der Waals surface area (Å²) in [6.07, 6.45) is 1.28. The molecule has 0 spiro atoms. The lowest BCUT2D eigenvalue weighted by molar-refractivity contribution is -0.386. The van der Waals surface area contributed by atoms with Gasteiger partial charge in [-0.15, -0.1) is 0 Å². The van der Waals surface area contributed by atoms with Crippen LogP contribution < -0.4 is 4.74 Å². The zero-order valence-electron chi connectivity index (χ0n) is 8.56. The van der Waals surface area contributed by atoms with Gasteiger partial charge in [-0.25, -0.2) is 0 Å². The van der Waals surface area contributed by atoms with Crippen molar-refractivity contribution in [3.63, 3.8) is 0 Å². The molecule has 0 aliphatic carbocycles. The van der Waals surface area contributed by atoms with E-state index in [1.165, 1.54) is 6.07 Å². The Labute approximate surface area is 101 Å². The van der Waals surface area contributed by atoms with Crippen molar-refractivity contribution in [3.05, 3.63) is 32.8 Å². The lowest BCUT2D eigenvalue weighted by atomic mass is 10.3. The van der Waals surface area contributed by atoms with Crippen molar-refractivity contribution in [2.24, 2.45) is 0 Å². The molecule has 0 atom stereocenters. The van der Waals surface area contributed by atoms with Crippen molar-refractivity contribution >= 4 is 21.6 Å². The molecule has 1 aromatic rings. The highest BCUT2D eigenvalue weighted by molar-refractivity contribution is 9.10. The van der Waals surface area contributed by atoms with Crippen LogP contribution in [0, 0.1) is 10.1 Å². The van der Waals surface area contributed by atoms with E-state index < -0.39 is 4.92 Å². The summed E-state index contributed by atoms with van der Waals surface area (Å²) in [6.45, 7) is 0.450. The number of hydrogen-bond donors (Lipinski definition) is 1. The lowest BCUT2D eigenvalue weighted by Crippen LogP contribution is -2.02. The quantitative estimate of drug-likeness (QED) is 0.496. The van der Waals surface area contributed by atoms with Gasteiger partial charge in [0.2, 0.25) is 5.75 Å². The van der Waals surface area contributed by atoms with E-state index in [1.807, 2.05) is 0 Å². The molecule has 0 radical (unpaired) electrons. The van der Waals surface area contributed by atoms with E-state index in [0.717, 1.165) is 0 Å². The summed E-state index contributed by atoms with van der Waals surface area (Å²) in [6, 6.07) is 4.67. The maximum Gasteiger partial charge on any atom is 0.312 e. The molecule has 0 saturated heterocycles. The average Bonchev–Trinajstić information content (AvgIpc) is 2.25. The number of nitrogens with zero attached hydrogens (tertiary/aromatic N) is 1. The van der Waals surface area contributed by atoms with Gasteiger partial charge in [0.05, 0.1) is 16.0 Å². The van der Waals surface area contributed by atoms with E-state index in [-0.39, 0.29) is 18.0 Å². The van der Waals surface area contributed by atoms with Crippen molar-refractivity contribution in [1.82, 2.24) is 0 Å². The summed E-state index contributed by atoms with van der Waals surface area (Å²) >= 11 is 3.21. The Balaban J connectivity index is 2.73. The minimum absolute atomic E-state index is 0.0571. The highest BCUT2D eigenvalue weighted by atomic mass is 79.9. The molecule has 6 heteroatoms. The maximum absolute atomic E-state index is 10.7. The summed E-state index contributed by atoms with van der Waals surface area (Å²) in [5, 5.41) is 19.3. The molecule has 0 aliphatic rings. The van der Waals surface area contributed by atoms with Gasteiger partial charge in [-0.05, 0) is 34.8 Å². The van der Waals surface area contributed by atoms with Gasteiger partial charge in [0.1, 0.15) is 0 Å². The van der Waals surface area contributed by atoms with Gasteiger partial charge in [-0.2, -0.15) is 0 Å². The second-order valence-corrected chi connectivity index (χ2v) is 3.98. The number of halogens is 1. The highest BCUT2D eigenvalue weighted by Crippen LogP contribution is 2.34. The molecule has 5 nitrogen and oxygen atoms in total. The fourth-order valence-electron chi connectivity index (χ4n) is 1.17. The number of para-hydroxylation sites is 1. The number of nitro groups is 1. The fourth-order valence-corrected chi connectivity index (χ4v) is 1.64. The Kier molecular flexibility index (Phi) is 5.21. The number of aliphatic hydroxyl groups is 1. The first kappa shape index (κ1) is 12.9. The van der Waals surface area contributed by atoms with Crippen LogP contribution in [0.3, 0.4) is 0 Å². The first-order valence-corrected chi connectivity index (χ1v) is 5.62. The van der Waals surface area contributed by atoms with Gasteiger partial charge < -0.3 is 9.84 Å². The van der Waals surface area contributed by atoms with Crippen molar-refractivity contribution in [3.8, 4) is 5.75 Å². The van der Waals surface area contributed by atoms with Crippen LogP contribution in [-0.2, 0) is 0 Å². The van der Waals surface area contributed by atoms with Crippen LogP contribution >= 0.6 is 15.9 Å². The molecule has 0 saturated carbocycles. The molecule has 0 unspecified atom stereocenters. The molecule has 1 N–H and O–H groups in total. The SMILES string of the molecule is O=[N+]([O-])c1cccc(Br)c1OCCCCO. The third-order valence-electron chi connectivity index (χ3n) is 1.94. The molecular formula is C10H12BrNO4. The summed E-state index contributed by atoms with van der Waals surface area (Å²) in [5.74, 6) is 0.241. The van der Waals surface area contributed by atoms with Gasteiger partial charge in [0.15, 0.2) is 0 Å². The Hall–Kier alpha value is -1.14. The highest BCUT2D eigenvalue weighted by Gasteiger charge is 2.17. The van der Waals surface area contributed by atoms with Crippen molar-refractivity contribution in [1.29, 1.82) is 0 Å². The summed E-state index contributed by atoms with van der Waals surface area (Å²) < 4.78 is 5.89. The van der Waals surface area contributed by atoms with E-state index in [1.54, 1.807) is 12.1 Å². The van der Waals surface area contributed by atoms with Gasteiger partial charge in [0, 0.05) is 12.7 Å². The smallest absolute Gasteiger partial charge is 0.312 e. The molecule has 0 aromatic heterocycles. The second-order valence-electron chi connectivity index (χ2n) is 3.12. The minimum Gasteiger partial charge on any atom is -0.486 e. The third-order valence-corrected chi connectivity index (χ3v) is 2.57. The number of hydrogen-bond acceptors (Lipinski definition) is 4. The third kappa shape index (κ3) is 3.46. The number of benzene rings is 1. The van der Waals surface area contributed by atoms with Crippen LogP contribution in [0.4, 0.5) is 5.69 Å². The normalized spacial score (nSPS) is 10.1. The Morgan fingerprint density at radius 3 is 2.81 bits per heavy atom. The van der Waals surface area contributed by atoms with Gasteiger partial charge in [-0.3, -0.25) is 10.1 Å². The molecule has 88 valence electrons. The van der Waals surface area contributed by atoms with Crippen LogP contribution in [0.1, 0.15) is 12.8 Å². The lowest BCUT2D eigenvalue weighted by Gasteiger charge is -2.07. The van der Waals surface area contributed by atoms with Gasteiger partial charge in [0.25, 0.3) is 0 Å². The molecule has 1 aromatic carbocycles. The van der Waals surface area contributed by atoms with Crippen LogP contribution in [0.5, 0.6) is 5.75 Å². The molecule has 0 aliphatic heterocycles. The summed E-state index contributed by atoms with van der Waals surface area (Å²) in [5.41, 5.74) is -0.0571. The Bertz CT molecular complexity index is 370. The predicted octanol–water partition coefficient (Wildman–Crippen LogP) is 2.51. The minimum atomic E-state index is -0.480. The fraction of sp³-hybridized carbons (Fsp3) is 0.400. The van der Waals surface area contributed by atoms with E-state index in [0.29, 0.717) is 23.9 Å². The van der Waals surface area contributed by atoms with Crippen LogP contribution in [0.25, 0.3) is 0 Å². The molecule has 1 rings (SSSR count). The predicted molar refractivity (Wildman–Crippen MR) is 62.6 cm³/mol. The monoisotopic (exact) mass is 289 g/mol. The van der Waals surface area contributed by atoms with Crippen LogP contribution in [0.15, 0.2) is 22.7 Å². The van der Waals surface area contributed by atoms with E-state index >= 15 is 0 Å². The largest absolute Gasteiger partial charge is 0.486 e. The number of rotatable bonds is 6. The molecule has 0 fully saturated rings. The topological polar surface area (TPSA) is 72.6 Å². The number of aliphatic hydroxyl groups excluding tert-OH is 1. The van der Waals surface area contributed by atoms with E-state index in [4.69, 9.17) is 9.84 Å². The zero-order chi connectivity index (χ0) is 12.0. The summed E-state index contributed by atoms with van der Waals surface area (Å²) in [4.78, 5) is 10.2. The Morgan fingerprint density at radius 1 is 1.44 bits per heavy atom. The molecule has 0 bridgehead atoms. The number of nitro benzene ring substituents is 1. The summed E-state index contributed by atoms with van der Waals surface area (Å²) in [7, 11) is 0. The first-order valence-electron chi connectivity index (χ1n) is 4.83. The maximum atomic E-state index is 10.7. The average molecular weight is 290 g/mol. The van der Waals surface area contributed by atoms with Crippen LogP contribution in [-0.4, -0.2) is 23.2 Å². The zero-order valence-corrected chi connectivity index (χ0v) is 10.1. The van der Waals surface area contributed by atoms with Crippen LogP contribution in [0.2, 0.25) is 0 Å². The molecular weight excluding hydrogens is 278 g/mol. The first-order chi connectivity index (χ1) is 7.66. The van der Waals surface area contributed by atoms with Gasteiger partial charge >= 0.3 is 5.69 Å². The molecule has 0 heterocycles. The van der Waals surface area contributed by atoms with Crippen molar-refractivity contribution in [2.45, 2.75) is 12.8 Å². The molecule has 16 heavy (non-hydrogen) atoms. The van der Waals surface area contributed by atoms with Gasteiger partial charge in [-0.1, -0.05) is 6.07 Å². The van der Waals surface area contributed by atoms with Crippen molar-refractivity contribution in [2.75, 3.05) is 13.2 Å². The number of ether oxygens (including phenoxy) is 1. The van der Waals surface area contributed by atoms with E-state index in [2.05, 4.69) is 15.9 Å². The standard InChI is InChI=1S/C10H12BrNO4/c11-8-4-3-5-9(12(14)15)10(8)16-7-2-1-6-13/h3-5,13H,1-2,6-7H2. The Morgan fingerprint density at radius 2 is 2.19 bits per heavy atom. The van der Waals surface area contributed by atoms with Crippen molar-refractivity contribution < 1.29 is 14.8 Å².